The Kier molecular flexibility index (Phi) is 4.79. The second-order valence-electron chi connectivity index (χ2n) is 5.91. The highest BCUT2D eigenvalue weighted by atomic mass is 16.2. The van der Waals surface area contributed by atoms with Crippen molar-refractivity contribution in [1.29, 1.82) is 0 Å². The number of benzene rings is 1. The minimum atomic E-state index is -0.293. The zero-order valence-electron chi connectivity index (χ0n) is 14.2. The third-order valence-electron chi connectivity index (χ3n) is 4.02. The molecule has 0 radical (unpaired) electrons. The first-order chi connectivity index (χ1) is 12.0. The molecular weight excluding hydrogens is 316 g/mol. The van der Waals surface area contributed by atoms with Gasteiger partial charge in [0.05, 0.1) is 0 Å². The molecule has 128 valence electrons. The molecule has 6 heteroatoms. The number of anilines is 1. The molecule has 0 bridgehead atoms. The summed E-state index contributed by atoms with van der Waals surface area (Å²) in [7, 11) is 1.96. The molecule has 3 rings (SSSR count). The summed E-state index contributed by atoms with van der Waals surface area (Å²) < 4.78 is 1.98. The molecule has 2 heterocycles. The van der Waals surface area contributed by atoms with E-state index in [0.29, 0.717) is 24.2 Å². The van der Waals surface area contributed by atoms with Crippen molar-refractivity contribution >= 4 is 28.5 Å². The third-order valence-corrected chi connectivity index (χ3v) is 4.02. The summed E-state index contributed by atoms with van der Waals surface area (Å²) in [5.74, 6) is -0.0337. The van der Waals surface area contributed by atoms with Crippen LogP contribution in [0.3, 0.4) is 0 Å². The van der Waals surface area contributed by atoms with E-state index in [4.69, 9.17) is 0 Å². The Balaban J connectivity index is 1.57. The van der Waals surface area contributed by atoms with Crippen molar-refractivity contribution in [1.82, 2.24) is 14.9 Å². The standard InChI is InChI=1S/C19H20N4O2/c1-13(24)14-5-3-6-16(11-14)22-19(25)21-10-8-15-12-23(2)18-17(15)7-4-9-20-18/h3-7,9,11-12H,8,10H2,1-2H3,(H2,21,22,25). The summed E-state index contributed by atoms with van der Waals surface area (Å²) in [6.45, 7) is 2.00. The van der Waals surface area contributed by atoms with Crippen LogP contribution < -0.4 is 10.6 Å². The molecule has 0 aliphatic rings. The first-order valence-electron chi connectivity index (χ1n) is 8.09. The lowest BCUT2D eigenvalue weighted by atomic mass is 10.1. The lowest BCUT2D eigenvalue weighted by molar-refractivity contribution is 0.101. The topological polar surface area (TPSA) is 76.0 Å². The molecule has 2 N–H and O–H groups in total. The van der Waals surface area contributed by atoms with Crippen LogP contribution >= 0.6 is 0 Å². The molecule has 0 atom stereocenters. The van der Waals surface area contributed by atoms with E-state index >= 15 is 0 Å². The lowest BCUT2D eigenvalue weighted by Crippen LogP contribution is -2.30. The van der Waals surface area contributed by atoms with Gasteiger partial charge < -0.3 is 15.2 Å². The van der Waals surface area contributed by atoms with Crippen molar-refractivity contribution in [2.45, 2.75) is 13.3 Å². The Hall–Kier alpha value is -3.15. The zero-order valence-corrected chi connectivity index (χ0v) is 14.2. The van der Waals surface area contributed by atoms with Crippen LogP contribution in [-0.2, 0) is 13.5 Å². The number of urea groups is 1. The van der Waals surface area contributed by atoms with Gasteiger partial charge in [-0.15, -0.1) is 0 Å². The van der Waals surface area contributed by atoms with Crippen LogP contribution in [0.4, 0.5) is 10.5 Å². The smallest absolute Gasteiger partial charge is 0.319 e. The number of amides is 2. The molecule has 0 spiro atoms. The number of carbonyl (C=O) groups is 2. The first-order valence-corrected chi connectivity index (χ1v) is 8.09. The van der Waals surface area contributed by atoms with E-state index in [1.807, 2.05) is 29.9 Å². The van der Waals surface area contributed by atoms with Crippen molar-refractivity contribution in [2.75, 3.05) is 11.9 Å². The minimum absolute atomic E-state index is 0.0337. The van der Waals surface area contributed by atoms with Crippen molar-refractivity contribution in [3.8, 4) is 0 Å². The van der Waals surface area contributed by atoms with Crippen LogP contribution in [0.25, 0.3) is 11.0 Å². The molecular formula is C19H20N4O2. The van der Waals surface area contributed by atoms with Gasteiger partial charge in [-0.3, -0.25) is 4.79 Å². The fourth-order valence-electron chi connectivity index (χ4n) is 2.79. The van der Waals surface area contributed by atoms with Gasteiger partial charge in [0.25, 0.3) is 0 Å². The minimum Gasteiger partial charge on any atom is -0.338 e. The van der Waals surface area contributed by atoms with Crippen molar-refractivity contribution < 1.29 is 9.59 Å². The molecule has 6 nitrogen and oxygen atoms in total. The quantitative estimate of drug-likeness (QED) is 0.703. The second-order valence-corrected chi connectivity index (χ2v) is 5.91. The Morgan fingerprint density at radius 3 is 2.84 bits per heavy atom. The lowest BCUT2D eigenvalue weighted by Gasteiger charge is -2.08. The van der Waals surface area contributed by atoms with Gasteiger partial charge >= 0.3 is 6.03 Å². The number of carbonyl (C=O) groups excluding carboxylic acids is 2. The molecule has 0 aliphatic heterocycles. The number of rotatable bonds is 5. The van der Waals surface area contributed by atoms with Crippen LogP contribution in [0, 0.1) is 0 Å². The molecule has 2 aromatic heterocycles. The summed E-state index contributed by atoms with van der Waals surface area (Å²) in [6, 6.07) is 10.5. The van der Waals surface area contributed by atoms with Crippen molar-refractivity contribution in [2.24, 2.45) is 7.05 Å². The van der Waals surface area contributed by atoms with E-state index in [9.17, 15) is 9.59 Å². The van der Waals surface area contributed by atoms with E-state index in [1.165, 1.54) is 6.92 Å². The van der Waals surface area contributed by atoms with E-state index in [0.717, 1.165) is 16.6 Å². The van der Waals surface area contributed by atoms with Gasteiger partial charge in [0.2, 0.25) is 0 Å². The number of fused-ring (bicyclic) bond motifs is 1. The Morgan fingerprint density at radius 2 is 2.04 bits per heavy atom. The summed E-state index contributed by atoms with van der Waals surface area (Å²) in [5.41, 5.74) is 3.24. The fourth-order valence-corrected chi connectivity index (χ4v) is 2.79. The maximum atomic E-state index is 12.0. The number of hydrogen-bond acceptors (Lipinski definition) is 3. The Morgan fingerprint density at radius 1 is 1.20 bits per heavy atom. The van der Waals surface area contributed by atoms with Crippen LogP contribution in [0.5, 0.6) is 0 Å². The van der Waals surface area contributed by atoms with Crippen LogP contribution in [-0.4, -0.2) is 27.9 Å². The Labute approximate surface area is 145 Å². The average molecular weight is 336 g/mol. The highest BCUT2D eigenvalue weighted by Crippen LogP contribution is 2.18. The van der Waals surface area contributed by atoms with Gasteiger partial charge in [-0.05, 0) is 43.2 Å². The van der Waals surface area contributed by atoms with Gasteiger partial charge in [-0.25, -0.2) is 9.78 Å². The molecule has 0 fully saturated rings. The summed E-state index contributed by atoms with van der Waals surface area (Å²) in [4.78, 5) is 27.8. The van der Waals surface area contributed by atoms with E-state index in [1.54, 1.807) is 30.5 Å². The van der Waals surface area contributed by atoms with Gasteiger partial charge in [0.1, 0.15) is 5.65 Å². The average Bonchev–Trinajstić information content (AvgIpc) is 2.92. The van der Waals surface area contributed by atoms with Crippen LogP contribution in [0.2, 0.25) is 0 Å². The van der Waals surface area contributed by atoms with Gasteiger partial charge in [0.15, 0.2) is 5.78 Å². The van der Waals surface area contributed by atoms with Gasteiger partial charge in [0, 0.05) is 42.6 Å². The molecule has 0 saturated carbocycles. The van der Waals surface area contributed by atoms with Gasteiger partial charge in [-0.1, -0.05) is 12.1 Å². The van der Waals surface area contributed by atoms with Crippen molar-refractivity contribution in [3.63, 3.8) is 0 Å². The van der Waals surface area contributed by atoms with Crippen LogP contribution in [0.1, 0.15) is 22.8 Å². The maximum Gasteiger partial charge on any atom is 0.319 e. The number of pyridine rings is 1. The SMILES string of the molecule is CC(=O)c1cccc(NC(=O)NCCc2cn(C)c3ncccc23)c1. The fraction of sp³-hybridized carbons (Fsp3) is 0.211. The second kappa shape index (κ2) is 7.17. The largest absolute Gasteiger partial charge is 0.338 e. The van der Waals surface area contributed by atoms with E-state index in [-0.39, 0.29) is 11.8 Å². The number of aromatic nitrogens is 2. The third kappa shape index (κ3) is 3.85. The zero-order chi connectivity index (χ0) is 17.8. The predicted molar refractivity (Wildman–Crippen MR) is 97.9 cm³/mol. The first kappa shape index (κ1) is 16.7. The highest BCUT2D eigenvalue weighted by Gasteiger charge is 2.08. The molecule has 25 heavy (non-hydrogen) atoms. The number of Topliss-reactive ketones (excluding diaryl/α,β-unsaturated/α-hetero) is 1. The summed E-state index contributed by atoms with van der Waals surface area (Å²) in [6.07, 6.45) is 4.52. The predicted octanol–water partition coefficient (Wildman–Crippen LogP) is 3.14. The number of ketones is 1. The number of hydrogen-bond donors (Lipinski definition) is 2. The summed E-state index contributed by atoms with van der Waals surface area (Å²) >= 11 is 0. The maximum absolute atomic E-state index is 12.0. The monoisotopic (exact) mass is 336 g/mol. The highest BCUT2D eigenvalue weighted by molar-refractivity contribution is 5.96. The normalized spacial score (nSPS) is 10.6. The van der Waals surface area contributed by atoms with Crippen LogP contribution in [0.15, 0.2) is 48.8 Å². The number of nitrogens with zero attached hydrogens (tertiary/aromatic N) is 2. The molecule has 1 aromatic carbocycles. The van der Waals surface area contributed by atoms with Gasteiger partial charge in [-0.2, -0.15) is 0 Å². The molecule has 0 saturated heterocycles. The molecule has 0 unspecified atom stereocenters. The molecule has 0 aliphatic carbocycles. The summed E-state index contributed by atoms with van der Waals surface area (Å²) in [5, 5.41) is 6.68. The van der Waals surface area contributed by atoms with Crippen molar-refractivity contribution in [3.05, 3.63) is 59.9 Å². The van der Waals surface area contributed by atoms with E-state index in [2.05, 4.69) is 15.6 Å². The number of aryl methyl sites for hydroxylation is 1. The number of nitrogens with one attached hydrogen (secondary N) is 2. The van der Waals surface area contributed by atoms with E-state index < -0.39 is 0 Å². The molecule has 3 aromatic rings. The Bertz CT molecular complexity index is 930. The molecule has 2 amide bonds.